The van der Waals surface area contributed by atoms with Crippen LogP contribution >= 0.6 is 11.3 Å². The molecule has 4 rings (SSSR count). The van der Waals surface area contributed by atoms with Crippen LogP contribution in [-0.4, -0.2) is 51.6 Å². The molecule has 0 radical (unpaired) electrons. The normalized spacial score (nSPS) is 21.5. The van der Waals surface area contributed by atoms with E-state index < -0.39 is 0 Å². The molecule has 2 aromatic rings. The summed E-state index contributed by atoms with van der Waals surface area (Å²) in [6, 6.07) is -0.235. The van der Waals surface area contributed by atoms with Crippen molar-refractivity contribution >= 4 is 17.2 Å². The van der Waals surface area contributed by atoms with Crippen molar-refractivity contribution in [2.45, 2.75) is 38.9 Å². The number of aromatic nitrogens is 3. The van der Waals surface area contributed by atoms with Crippen LogP contribution in [0.1, 0.15) is 35.3 Å². The van der Waals surface area contributed by atoms with Gasteiger partial charge in [-0.1, -0.05) is 0 Å². The molecule has 0 bridgehead atoms. The summed E-state index contributed by atoms with van der Waals surface area (Å²) in [7, 11) is 0. The second-order valence-corrected chi connectivity index (χ2v) is 8.20. The molecule has 1 unspecified atom stereocenters. The minimum absolute atomic E-state index is 0.0786. The molecule has 0 spiro atoms. The predicted molar refractivity (Wildman–Crippen MR) is 98.8 cm³/mol. The van der Waals surface area contributed by atoms with E-state index in [9.17, 15) is 4.79 Å². The van der Waals surface area contributed by atoms with Crippen LogP contribution in [0, 0.1) is 12.8 Å². The van der Waals surface area contributed by atoms with Crippen molar-refractivity contribution in [1.82, 2.24) is 24.8 Å². The van der Waals surface area contributed by atoms with E-state index in [1.165, 1.54) is 0 Å². The minimum Gasteiger partial charge on any atom is -0.381 e. The molecule has 7 nitrogen and oxygen atoms in total. The van der Waals surface area contributed by atoms with E-state index in [0.29, 0.717) is 12.5 Å². The number of hydrogen-bond acceptors (Lipinski definition) is 6. The molecule has 0 aromatic carbocycles. The highest BCUT2D eigenvalue weighted by Crippen LogP contribution is 2.23. The van der Waals surface area contributed by atoms with Gasteiger partial charge in [-0.3, -0.25) is 9.69 Å². The quantitative estimate of drug-likeness (QED) is 0.862. The van der Waals surface area contributed by atoms with Gasteiger partial charge in [-0.2, -0.15) is 0 Å². The van der Waals surface area contributed by atoms with Crippen LogP contribution in [0.5, 0.6) is 0 Å². The number of fused-ring (bicyclic) bond motifs is 1. The summed E-state index contributed by atoms with van der Waals surface area (Å²) < 4.78 is 7.41. The number of imidazole rings is 1. The fourth-order valence-corrected chi connectivity index (χ4v) is 4.32. The van der Waals surface area contributed by atoms with Gasteiger partial charge in [-0.25, -0.2) is 9.97 Å². The molecule has 2 aliphatic heterocycles. The molecule has 1 amide bonds. The van der Waals surface area contributed by atoms with Gasteiger partial charge in [0.15, 0.2) is 0 Å². The minimum atomic E-state index is -0.235. The molecule has 1 saturated heterocycles. The van der Waals surface area contributed by atoms with Crippen molar-refractivity contribution in [3.05, 3.63) is 34.3 Å². The van der Waals surface area contributed by atoms with Gasteiger partial charge >= 0.3 is 0 Å². The van der Waals surface area contributed by atoms with Crippen molar-refractivity contribution in [2.75, 3.05) is 26.3 Å². The Morgan fingerprint density at radius 3 is 3.04 bits per heavy atom. The predicted octanol–water partition coefficient (Wildman–Crippen LogP) is 1.75. The van der Waals surface area contributed by atoms with Gasteiger partial charge in [-0.15, -0.1) is 11.3 Å². The average molecular weight is 375 g/mol. The number of carbonyl (C=O) groups is 1. The smallest absolute Gasteiger partial charge is 0.244 e. The number of carbonyl (C=O) groups excluding carboxylic acids is 1. The van der Waals surface area contributed by atoms with Crippen LogP contribution < -0.4 is 5.32 Å². The number of aryl methyl sites for hydroxylation is 1. The number of rotatable bonds is 5. The Balaban J connectivity index is 1.41. The summed E-state index contributed by atoms with van der Waals surface area (Å²) in [6.07, 6.45) is 5.68. The lowest BCUT2D eigenvalue weighted by Crippen LogP contribution is -2.45. The molecule has 2 aliphatic rings. The maximum Gasteiger partial charge on any atom is 0.244 e. The van der Waals surface area contributed by atoms with Gasteiger partial charge in [0.1, 0.15) is 6.04 Å². The maximum atomic E-state index is 12.9. The number of thiazole rings is 1. The lowest BCUT2D eigenvalue weighted by atomic mass is 10.0. The average Bonchev–Trinajstić information content (AvgIpc) is 3.28. The van der Waals surface area contributed by atoms with Gasteiger partial charge in [0.05, 0.1) is 22.7 Å². The van der Waals surface area contributed by atoms with Gasteiger partial charge in [0.2, 0.25) is 5.91 Å². The van der Waals surface area contributed by atoms with E-state index in [1.54, 1.807) is 17.7 Å². The Kier molecular flexibility index (Phi) is 5.33. The number of hydrogen-bond donors (Lipinski definition) is 1. The summed E-state index contributed by atoms with van der Waals surface area (Å²) in [5, 5.41) is 6.33. The molecular weight excluding hydrogens is 350 g/mol. The molecule has 1 fully saturated rings. The standard InChI is InChI=1S/C18H25N5O2S/c1-13-21-15(11-26-13)8-22-9-16-7-19-12-23(16)17(10-22)18(24)20-6-14-2-4-25-5-3-14/h7,11-12,14,17H,2-6,8-10H2,1H3,(H,20,24). The highest BCUT2D eigenvalue weighted by molar-refractivity contribution is 7.09. The highest BCUT2D eigenvalue weighted by Gasteiger charge is 2.30. The number of ether oxygens (including phenoxy) is 1. The molecule has 0 aliphatic carbocycles. The topological polar surface area (TPSA) is 72.3 Å². The van der Waals surface area contributed by atoms with E-state index in [1.807, 2.05) is 17.7 Å². The Morgan fingerprint density at radius 2 is 2.27 bits per heavy atom. The Hall–Kier alpha value is -1.77. The monoisotopic (exact) mass is 375 g/mol. The first kappa shape index (κ1) is 17.6. The summed E-state index contributed by atoms with van der Waals surface area (Å²) in [5.41, 5.74) is 2.15. The molecular formula is C18H25N5O2S. The van der Waals surface area contributed by atoms with Crippen LogP contribution in [0.3, 0.4) is 0 Å². The molecule has 0 saturated carbocycles. The fraction of sp³-hybridized carbons (Fsp3) is 0.611. The van der Waals surface area contributed by atoms with Crippen LogP contribution in [0.15, 0.2) is 17.9 Å². The summed E-state index contributed by atoms with van der Waals surface area (Å²) in [4.78, 5) is 24.0. The largest absolute Gasteiger partial charge is 0.381 e. The van der Waals surface area contributed by atoms with Crippen molar-refractivity contribution in [3.63, 3.8) is 0 Å². The van der Waals surface area contributed by atoms with Gasteiger partial charge in [0.25, 0.3) is 0 Å². The molecule has 140 valence electrons. The lowest BCUT2D eigenvalue weighted by Gasteiger charge is -2.33. The third kappa shape index (κ3) is 3.97. The van der Waals surface area contributed by atoms with Crippen molar-refractivity contribution in [1.29, 1.82) is 0 Å². The third-order valence-electron chi connectivity index (χ3n) is 5.16. The zero-order chi connectivity index (χ0) is 17.9. The van der Waals surface area contributed by atoms with E-state index in [4.69, 9.17) is 4.74 Å². The molecule has 2 aromatic heterocycles. The fourth-order valence-electron chi connectivity index (χ4n) is 3.71. The highest BCUT2D eigenvalue weighted by atomic mass is 32.1. The summed E-state index contributed by atoms with van der Waals surface area (Å²) in [5.74, 6) is 0.600. The maximum absolute atomic E-state index is 12.9. The van der Waals surface area contributed by atoms with Crippen LogP contribution in [0.2, 0.25) is 0 Å². The second-order valence-electron chi connectivity index (χ2n) is 7.14. The Morgan fingerprint density at radius 1 is 1.42 bits per heavy atom. The first-order valence-corrected chi connectivity index (χ1v) is 10.1. The van der Waals surface area contributed by atoms with Crippen molar-refractivity contribution in [3.8, 4) is 0 Å². The van der Waals surface area contributed by atoms with E-state index in [-0.39, 0.29) is 11.9 Å². The van der Waals surface area contributed by atoms with Gasteiger partial charge < -0.3 is 14.6 Å². The summed E-state index contributed by atoms with van der Waals surface area (Å²) in [6.45, 7) is 6.59. The van der Waals surface area contributed by atoms with Gasteiger partial charge in [-0.05, 0) is 25.7 Å². The summed E-state index contributed by atoms with van der Waals surface area (Å²) >= 11 is 1.67. The molecule has 1 N–H and O–H groups in total. The van der Waals surface area contributed by atoms with E-state index >= 15 is 0 Å². The first-order valence-electron chi connectivity index (χ1n) is 9.18. The van der Waals surface area contributed by atoms with Gasteiger partial charge in [0, 0.05) is 51.0 Å². The van der Waals surface area contributed by atoms with Crippen LogP contribution in [-0.2, 0) is 22.6 Å². The SMILES string of the molecule is Cc1nc(CN2Cc3cncn3C(C(=O)NCC3CCOCC3)C2)cs1. The zero-order valence-corrected chi connectivity index (χ0v) is 15.9. The number of nitrogens with one attached hydrogen (secondary N) is 1. The van der Waals surface area contributed by atoms with Crippen LogP contribution in [0.25, 0.3) is 0 Å². The molecule has 8 heteroatoms. The van der Waals surface area contributed by atoms with Crippen molar-refractivity contribution < 1.29 is 9.53 Å². The van der Waals surface area contributed by atoms with E-state index in [2.05, 4.69) is 25.6 Å². The lowest BCUT2D eigenvalue weighted by molar-refractivity contribution is -0.126. The second kappa shape index (κ2) is 7.85. The van der Waals surface area contributed by atoms with E-state index in [0.717, 1.165) is 62.1 Å². The van der Waals surface area contributed by atoms with Crippen molar-refractivity contribution in [2.24, 2.45) is 5.92 Å². The number of nitrogens with zero attached hydrogens (tertiary/aromatic N) is 4. The molecule has 26 heavy (non-hydrogen) atoms. The van der Waals surface area contributed by atoms with Crippen LogP contribution in [0.4, 0.5) is 0 Å². The first-order chi connectivity index (χ1) is 12.7. The molecule has 4 heterocycles. The Bertz CT molecular complexity index is 752. The third-order valence-corrected chi connectivity index (χ3v) is 5.98. The number of amides is 1. The molecule has 1 atom stereocenters. The Labute approximate surface area is 157 Å². The zero-order valence-electron chi connectivity index (χ0n) is 15.1.